The van der Waals surface area contributed by atoms with Crippen LogP contribution in [0.1, 0.15) is 50.7 Å². The number of nitrogens with two attached hydrogens (primary N) is 1. The van der Waals surface area contributed by atoms with E-state index in [-0.39, 0.29) is 5.92 Å². The first-order valence-corrected chi connectivity index (χ1v) is 6.76. The van der Waals surface area contributed by atoms with Crippen molar-refractivity contribution in [2.24, 2.45) is 11.7 Å². The van der Waals surface area contributed by atoms with E-state index >= 15 is 0 Å². The van der Waals surface area contributed by atoms with Crippen LogP contribution in [0.3, 0.4) is 0 Å². The zero-order valence-electron chi connectivity index (χ0n) is 11.9. The summed E-state index contributed by atoms with van der Waals surface area (Å²) in [6.45, 7) is 8.60. The van der Waals surface area contributed by atoms with Crippen molar-refractivity contribution in [2.75, 3.05) is 7.11 Å². The molecule has 0 aliphatic heterocycles. The molecule has 1 rings (SSSR count). The zero-order valence-corrected chi connectivity index (χ0v) is 12.7. The Morgan fingerprint density at radius 1 is 1.22 bits per heavy atom. The third-order valence-electron chi connectivity index (χ3n) is 3.21. The first kappa shape index (κ1) is 15.0. The van der Waals surface area contributed by atoms with Crippen LogP contribution in [-0.2, 0) is 0 Å². The molecule has 1 aromatic rings. The SMILES string of the molecule is COc1ccc(C(C(N)=S)C(C)C)cc1C(C)C. The summed E-state index contributed by atoms with van der Waals surface area (Å²) in [4.78, 5) is 0.560. The molecule has 18 heavy (non-hydrogen) atoms. The van der Waals surface area contributed by atoms with Crippen LogP contribution in [0, 0.1) is 5.92 Å². The first-order chi connectivity index (χ1) is 8.38. The third kappa shape index (κ3) is 3.22. The number of benzene rings is 1. The second kappa shape index (κ2) is 6.19. The van der Waals surface area contributed by atoms with Crippen LogP contribution in [-0.4, -0.2) is 12.1 Å². The number of methoxy groups -OCH3 is 1. The van der Waals surface area contributed by atoms with Gasteiger partial charge in [-0.25, -0.2) is 0 Å². The topological polar surface area (TPSA) is 35.2 Å². The molecule has 2 nitrogen and oxygen atoms in total. The highest BCUT2D eigenvalue weighted by Gasteiger charge is 2.20. The van der Waals surface area contributed by atoms with Crippen molar-refractivity contribution in [1.29, 1.82) is 0 Å². The van der Waals surface area contributed by atoms with Crippen molar-refractivity contribution in [3.63, 3.8) is 0 Å². The van der Waals surface area contributed by atoms with Gasteiger partial charge in [0.1, 0.15) is 5.75 Å². The fourth-order valence-corrected chi connectivity index (χ4v) is 2.68. The Balaban J connectivity index is 3.25. The largest absolute Gasteiger partial charge is 0.496 e. The van der Waals surface area contributed by atoms with Crippen molar-refractivity contribution < 1.29 is 4.74 Å². The predicted molar refractivity (Wildman–Crippen MR) is 81.4 cm³/mol. The smallest absolute Gasteiger partial charge is 0.122 e. The molecule has 0 fully saturated rings. The second-order valence-corrected chi connectivity index (χ2v) is 5.75. The van der Waals surface area contributed by atoms with Gasteiger partial charge in [-0.1, -0.05) is 52.0 Å². The summed E-state index contributed by atoms with van der Waals surface area (Å²) in [6.07, 6.45) is 0. The molecule has 0 saturated carbocycles. The minimum Gasteiger partial charge on any atom is -0.496 e. The lowest BCUT2D eigenvalue weighted by Gasteiger charge is -2.22. The van der Waals surface area contributed by atoms with Gasteiger partial charge in [-0.05, 0) is 29.0 Å². The third-order valence-corrected chi connectivity index (χ3v) is 3.46. The van der Waals surface area contributed by atoms with Crippen molar-refractivity contribution >= 4 is 17.2 Å². The fourth-order valence-electron chi connectivity index (χ4n) is 2.28. The fraction of sp³-hybridized carbons (Fsp3) is 0.533. The van der Waals surface area contributed by atoms with E-state index in [1.54, 1.807) is 7.11 Å². The lowest BCUT2D eigenvalue weighted by atomic mass is 9.86. The molecule has 2 N–H and O–H groups in total. The van der Waals surface area contributed by atoms with Gasteiger partial charge in [0.25, 0.3) is 0 Å². The Morgan fingerprint density at radius 3 is 2.22 bits per heavy atom. The van der Waals surface area contributed by atoms with Gasteiger partial charge in [0.05, 0.1) is 12.1 Å². The average molecular weight is 265 g/mol. The summed E-state index contributed by atoms with van der Waals surface area (Å²) in [7, 11) is 1.70. The summed E-state index contributed by atoms with van der Waals surface area (Å²) in [5, 5.41) is 0. The zero-order chi connectivity index (χ0) is 13.9. The van der Waals surface area contributed by atoms with Crippen LogP contribution in [0.4, 0.5) is 0 Å². The molecule has 0 spiro atoms. The van der Waals surface area contributed by atoms with Crippen LogP contribution in [0.5, 0.6) is 5.75 Å². The Kier molecular flexibility index (Phi) is 5.15. The molecule has 0 heterocycles. The lowest BCUT2D eigenvalue weighted by molar-refractivity contribution is 0.407. The molecule has 0 bridgehead atoms. The van der Waals surface area contributed by atoms with Gasteiger partial charge in [-0.3, -0.25) is 0 Å². The monoisotopic (exact) mass is 265 g/mol. The maximum atomic E-state index is 5.87. The Morgan fingerprint density at radius 2 is 1.83 bits per heavy atom. The van der Waals surface area contributed by atoms with E-state index < -0.39 is 0 Å². The van der Waals surface area contributed by atoms with Gasteiger partial charge in [0.2, 0.25) is 0 Å². The summed E-state index contributed by atoms with van der Waals surface area (Å²) >= 11 is 5.19. The predicted octanol–water partition coefficient (Wildman–Crippen LogP) is 3.84. The molecule has 0 aliphatic carbocycles. The molecule has 0 aromatic heterocycles. The number of hydrogen-bond acceptors (Lipinski definition) is 2. The van der Waals surface area contributed by atoms with Crippen LogP contribution >= 0.6 is 12.2 Å². The average Bonchev–Trinajstić information content (AvgIpc) is 2.27. The van der Waals surface area contributed by atoms with Crippen LogP contribution in [0.25, 0.3) is 0 Å². The van der Waals surface area contributed by atoms with Gasteiger partial charge >= 0.3 is 0 Å². The van der Waals surface area contributed by atoms with E-state index in [1.807, 2.05) is 6.07 Å². The first-order valence-electron chi connectivity index (χ1n) is 6.35. The molecule has 100 valence electrons. The molecule has 0 saturated heterocycles. The summed E-state index contributed by atoms with van der Waals surface area (Å²) in [5.74, 6) is 1.87. The molecule has 1 aromatic carbocycles. The lowest BCUT2D eigenvalue weighted by Crippen LogP contribution is -2.23. The summed E-state index contributed by atoms with van der Waals surface area (Å²) in [5.41, 5.74) is 8.25. The molecule has 3 heteroatoms. The maximum absolute atomic E-state index is 5.87. The molecule has 0 amide bonds. The van der Waals surface area contributed by atoms with Gasteiger partial charge in [0.15, 0.2) is 0 Å². The Hall–Kier alpha value is -1.09. The van der Waals surface area contributed by atoms with Crippen LogP contribution in [0.15, 0.2) is 18.2 Å². The summed E-state index contributed by atoms with van der Waals surface area (Å²) in [6, 6.07) is 6.25. The normalized spacial score (nSPS) is 12.8. The molecular formula is C15H23NOS. The van der Waals surface area contributed by atoms with Crippen molar-refractivity contribution in [2.45, 2.75) is 39.5 Å². The standard InChI is InChI=1S/C15H23NOS/c1-9(2)12-8-11(6-7-13(12)17-5)14(10(3)4)15(16)18/h6-10,14H,1-5H3,(H2,16,18). The van der Waals surface area contributed by atoms with E-state index in [9.17, 15) is 0 Å². The van der Waals surface area contributed by atoms with Crippen molar-refractivity contribution in [1.82, 2.24) is 0 Å². The van der Waals surface area contributed by atoms with E-state index in [4.69, 9.17) is 22.7 Å². The second-order valence-electron chi connectivity index (χ2n) is 5.28. The Labute approximate surface area is 116 Å². The van der Waals surface area contributed by atoms with Crippen molar-refractivity contribution in [3.05, 3.63) is 29.3 Å². The van der Waals surface area contributed by atoms with Crippen LogP contribution < -0.4 is 10.5 Å². The molecule has 1 unspecified atom stereocenters. The quantitative estimate of drug-likeness (QED) is 0.821. The highest BCUT2D eigenvalue weighted by Crippen LogP contribution is 2.32. The van der Waals surface area contributed by atoms with Crippen molar-refractivity contribution in [3.8, 4) is 5.75 Å². The number of thiocarbonyl (C=S) groups is 1. The number of rotatable bonds is 5. The van der Waals surface area contributed by atoms with E-state index in [0.29, 0.717) is 16.8 Å². The number of ether oxygens (including phenoxy) is 1. The Bertz CT molecular complexity index is 427. The molecular weight excluding hydrogens is 242 g/mol. The van der Waals surface area contributed by atoms with Gasteiger partial charge in [0, 0.05) is 5.92 Å². The van der Waals surface area contributed by atoms with Gasteiger partial charge in [-0.2, -0.15) is 0 Å². The van der Waals surface area contributed by atoms with Gasteiger partial charge in [-0.15, -0.1) is 0 Å². The summed E-state index contributed by atoms with van der Waals surface area (Å²) < 4.78 is 5.40. The van der Waals surface area contributed by atoms with Crippen LogP contribution in [0.2, 0.25) is 0 Å². The van der Waals surface area contributed by atoms with E-state index in [2.05, 4.69) is 39.8 Å². The van der Waals surface area contributed by atoms with Gasteiger partial charge < -0.3 is 10.5 Å². The maximum Gasteiger partial charge on any atom is 0.122 e. The molecule has 0 aliphatic rings. The molecule has 0 radical (unpaired) electrons. The minimum atomic E-state index is 0.128. The highest BCUT2D eigenvalue weighted by atomic mass is 32.1. The minimum absolute atomic E-state index is 0.128. The highest BCUT2D eigenvalue weighted by molar-refractivity contribution is 7.80. The number of hydrogen-bond donors (Lipinski definition) is 1. The molecule has 1 atom stereocenters. The van der Waals surface area contributed by atoms with E-state index in [1.165, 1.54) is 11.1 Å². The van der Waals surface area contributed by atoms with E-state index in [0.717, 1.165) is 5.75 Å².